The molecule has 2 rings (SSSR count). The normalized spacial score (nSPS) is 25.5. The Bertz CT molecular complexity index is 466. The van der Waals surface area contributed by atoms with Gasteiger partial charge in [0.1, 0.15) is 11.5 Å². The fourth-order valence-electron chi connectivity index (χ4n) is 1.97. The van der Waals surface area contributed by atoms with E-state index in [0.717, 1.165) is 4.47 Å². The number of aliphatic hydroxyl groups excluding tert-OH is 1. The summed E-state index contributed by atoms with van der Waals surface area (Å²) >= 11 is 9.27. The zero-order valence-electron chi connectivity index (χ0n) is 8.99. The van der Waals surface area contributed by atoms with Crippen molar-refractivity contribution in [1.82, 2.24) is 0 Å². The van der Waals surface area contributed by atoms with Crippen LogP contribution in [0.15, 0.2) is 22.7 Å². The van der Waals surface area contributed by atoms with E-state index in [1.807, 2.05) is 0 Å². The van der Waals surface area contributed by atoms with Gasteiger partial charge in [0.15, 0.2) is 0 Å². The van der Waals surface area contributed by atoms with E-state index in [0.29, 0.717) is 23.6 Å². The minimum absolute atomic E-state index is 0.254. The van der Waals surface area contributed by atoms with Crippen molar-refractivity contribution < 1.29 is 9.84 Å². The molecule has 5 heteroatoms. The fourth-order valence-corrected chi connectivity index (χ4v) is 2.61. The molecule has 1 N–H and O–H groups in total. The van der Waals surface area contributed by atoms with Gasteiger partial charge in [0.05, 0.1) is 12.7 Å². The summed E-state index contributed by atoms with van der Waals surface area (Å²) < 4.78 is 5.98. The third-order valence-corrected chi connectivity index (χ3v) is 4.01. The monoisotopic (exact) mass is 315 g/mol. The molecule has 2 unspecified atom stereocenters. The summed E-state index contributed by atoms with van der Waals surface area (Å²) in [6.07, 6.45) is -0.369. The van der Waals surface area contributed by atoms with Gasteiger partial charge in [-0.05, 0) is 30.2 Å². The van der Waals surface area contributed by atoms with E-state index < -0.39 is 11.5 Å². The maximum Gasteiger partial charge on any atom is 0.113 e. The summed E-state index contributed by atoms with van der Waals surface area (Å²) in [6.45, 7) is 0.756. The maximum absolute atomic E-state index is 10.4. The minimum Gasteiger partial charge on any atom is -0.387 e. The van der Waals surface area contributed by atoms with Gasteiger partial charge in [0.2, 0.25) is 0 Å². The van der Waals surface area contributed by atoms with Crippen LogP contribution in [-0.2, 0) is 4.74 Å². The number of halogens is 2. The second-order valence-corrected chi connectivity index (χ2v) is 5.43. The molecule has 1 aliphatic rings. The van der Waals surface area contributed by atoms with Crippen molar-refractivity contribution in [3.05, 3.63) is 33.3 Å². The Balaban J connectivity index is 2.39. The first-order valence-corrected chi connectivity index (χ1v) is 6.38. The molecule has 17 heavy (non-hydrogen) atoms. The van der Waals surface area contributed by atoms with Gasteiger partial charge in [-0.3, -0.25) is 0 Å². The molecule has 1 aliphatic heterocycles. The second-order valence-electron chi connectivity index (χ2n) is 4.14. The summed E-state index contributed by atoms with van der Waals surface area (Å²) in [6, 6.07) is 7.35. The molecular weight excluding hydrogens is 305 g/mol. The Kier molecular flexibility index (Phi) is 3.74. The zero-order valence-corrected chi connectivity index (χ0v) is 11.3. The summed E-state index contributed by atoms with van der Waals surface area (Å²) in [7, 11) is 0. The number of hydrogen-bond donors (Lipinski definition) is 1. The number of aliphatic hydroxyl groups is 1. The van der Waals surface area contributed by atoms with Gasteiger partial charge in [0, 0.05) is 16.1 Å². The topological polar surface area (TPSA) is 53.2 Å². The molecule has 1 aromatic rings. The number of hydrogen-bond acceptors (Lipinski definition) is 3. The molecule has 1 fully saturated rings. The SMILES string of the molecule is N#CC1(C(O)c2cc(Cl)ccc2Br)CCOC1. The molecule has 0 aromatic heterocycles. The summed E-state index contributed by atoms with van der Waals surface area (Å²) in [5.74, 6) is 0. The zero-order chi connectivity index (χ0) is 12.5. The number of benzene rings is 1. The van der Waals surface area contributed by atoms with E-state index in [2.05, 4.69) is 22.0 Å². The largest absolute Gasteiger partial charge is 0.387 e. The number of ether oxygens (including phenoxy) is 1. The van der Waals surface area contributed by atoms with Gasteiger partial charge in [0.25, 0.3) is 0 Å². The summed E-state index contributed by atoms with van der Waals surface area (Å²) in [5.41, 5.74) is -0.239. The quantitative estimate of drug-likeness (QED) is 0.912. The van der Waals surface area contributed by atoms with Gasteiger partial charge in [-0.1, -0.05) is 27.5 Å². The molecule has 90 valence electrons. The summed E-state index contributed by atoms with van der Waals surface area (Å²) in [4.78, 5) is 0. The molecule has 0 radical (unpaired) electrons. The Labute approximate surface area is 113 Å². The van der Waals surface area contributed by atoms with Gasteiger partial charge in [-0.2, -0.15) is 5.26 Å². The van der Waals surface area contributed by atoms with Crippen LogP contribution in [0.1, 0.15) is 18.1 Å². The molecule has 0 saturated carbocycles. The highest BCUT2D eigenvalue weighted by atomic mass is 79.9. The average Bonchev–Trinajstić information content (AvgIpc) is 2.81. The Morgan fingerprint density at radius 3 is 2.94 bits per heavy atom. The molecule has 1 saturated heterocycles. The van der Waals surface area contributed by atoms with Crippen LogP contribution in [0.4, 0.5) is 0 Å². The molecule has 1 heterocycles. The highest BCUT2D eigenvalue weighted by Crippen LogP contribution is 2.43. The Morgan fingerprint density at radius 1 is 1.59 bits per heavy atom. The van der Waals surface area contributed by atoms with Crippen LogP contribution >= 0.6 is 27.5 Å². The van der Waals surface area contributed by atoms with Crippen LogP contribution in [0, 0.1) is 16.7 Å². The maximum atomic E-state index is 10.4. The predicted molar refractivity (Wildman–Crippen MR) is 67.6 cm³/mol. The number of rotatable bonds is 2. The Morgan fingerprint density at radius 2 is 2.35 bits per heavy atom. The lowest BCUT2D eigenvalue weighted by Crippen LogP contribution is -2.28. The van der Waals surface area contributed by atoms with Crippen LogP contribution in [0.5, 0.6) is 0 Å². The first kappa shape index (κ1) is 12.8. The average molecular weight is 317 g/mol. The number of nitrogens with zero attached hydrogens (tertiary/aromatic N) is 1. The first-order valence-electron chi connectivity index (χ1n) is 5.21. The van der Waals surface area contributed by atoms with E-state index in [1.54, 1.807) is 18.2 Å². The molecule has 0 aliphatic carbocycles. The Hall–Kier alpha value is -0.600. The lowest BCUT2D eigenvalue weighted by atomic mass is 9.79. The van der Waals surface area contributed by atoms with E-state index in [9.17, 15) is 10.4 Å². The number of nitriles is 1. The predicted octanol–water partition coefficient (Wildman–Crippen LogP) is 3.07. The molecule has 0 amide bonds. The highest BCUT2D eigenvalue weighted by Gasteiger charge is 2.43. The van der Waals surface area contributed by atoms with E-state index >= 15 is 0 Å². The van der Waals surface area contributed by atoms with Crippen molar-refractivity contribution in [2.45, 2.75) is 12.5 Å². The third-order valence-electron chi connectivity index (χ3n) is 3.05. The van der Waals surface area contributed by atoms with Crippen molar-refractivity contribution in [2.75, 3.05) is 13.2 Å². The van der Waals surface area contributed by atoms with Gasteiger partial charge in [-0.15, -0.1) is 0 Å². The smallest absolute Gasteiger partial charge is 0.113 e. The van der Waals surface area contributed by atoms with Crippen molar-refractivity contribution in [3.8, 4) is 6.07 Å². The molecule has 3 nitrogen and oxygen atoms in total. The second kappa shape index (κ2) is 4.95. The molecule has 0 bridgehead atoms. The van der Waals surface area contributed by atoms with E-state index in [-0.39, 0.29) is 6.61 Å². The van der Waals surface area contributed by atoms with E-state index in [4.69, 9.17) is 16.3 Å². The third kappa shape index (κ3) is 2.34. The van der Waals surface area contributed by atoms with Crippen molar-refractivity contribution >= 4 is 27.5 Å². The van der Waals surface area contributed by atoms with Crippen LogP contribution in [0.25, 0.3) is 0 Å². The molecular formula is C12H11BrClNO2. The van der Waals surface area contributed by atoms with Crippen molar-refractivity contribution in [3.63, 3.8) is 0 Å². The first-order chi connectivity index (χ1) is 8.09. The highest BCUT2D eigenvalue weighted by molar-refractivity contribution is 9.10. The van der Waals surface area contributed by atoms with Crippen LogP contribution in [-0.4, -0.2) is 18.3 Å². The van der Waals surface area contributed by atoms with Gasteiger partial charge in [-0.25, -0.2) is 0 Å². The molecule has 0 spiro atoms. The van der Waals surface area contributed by atoms with Crippen LogP contribution < -0.4 is 0 Å². The summed E-state index contributed by atoms with van der Waals surface area (Å²) in [5, 5.41) is 20.2. The van der Waals surface area contributed by atoms with E-state index in [1.165, 1.54) is 0 Å². The van der Waals surface area contributed by atoms with Crippen LogP contribution in [0.2, 0.25) is 5.02 Å². The van der Waals surface area contributed by atoms with Crippen molar-refractivity contribution in [2.24, 2.45) is 5.41 Å². The minimum atomic E-state index is -0.900. The van der Waals surface area contributed by atoms with Crippen molar-refractivity contribution in [1.29, 1.82) is 5.26 Å². The van der Waals surface area contributed by atoms with Crippen LogP contribution in [0.3, 0.4) is 0 Å². The standard InChI is InChI=1S/C12H11BrClNO2/c13-10-2-1-8(14)5-9(10)11(16)12(6-15)3-4-17-7-12/h1-2,5,11,16H,3-4,7H2. The molecule has 1 aromatic carbocycles. The fraction of sp³-hybridized carbons (Fsp3) is 0.417. The van der Waals surface area contributed by atoms with Gasteiger partial charge >= 0.3 is 0 Å². The molecule has 2 atom stereocenters. The van der Waals surface area contributed by atoms with Gasteiger partial charge < -0.3 is 9.84 Å². The lowest BCUT2D eigenvalue weighted by Gasteiger charge is -2.26. The lowest BCUT2D eigenvalue weighted by molar-refractivity contribution is 0.0499.